The molecule has 148 valence electrons. The molecular weight excluding hydrogens is 368 g/mol. The van der Waals surface area contributed by atoms with Gasteiger partial charge in [0.2, 0.25) is 0 Å². The van der Waals surface area contributed by atoms with Crippen LogP contribution in [-0.2, 0) is 0 Å². The van der Waals surface area contributed by atoms with Gasteiger partial charge < -0.3 is 14.6 Å². The van der Waals surface area contributed by atoms with E-state index in [0.29, 0.717) is 22.7 Å². The van der Waals surface area contributed by atoms with Gasteiger partial charge in [0.25, 0.3) is 5.56 Å². The first-order valence-corrected chi connectivity index (χ1v) is 9.06. The number of aliphatic hydroxyl groups is 1. The highest BCUT2D eigenvalue weighted by Gasteiger charge is 2.16. The van der Waals surface area contributed by atoms with Gasteiger partial charge in [-0.05, 0) is 38.1 Å². The quantitative estimate of drug-likeness (QED) is 0.678. The number of ether oxygens (including phenoxy) is 2. The molecule has 6 heteroatoms. The van der Waals surface area contributed by atoms with Crippen LogP contribution in [0.4, 0.5) is 0 Å². The Morgan fingerprint density at radius 3 is 2.41 bits per heavy atom. The van der Waals surface area contributed by atoms with Crippen LogP contribution in [0.1, 0.15) is 25.0 Å². The Labute approximate surface area is 169 Å². The molecule has 0 saturated heterocycles. The fourth-order valence-corrected chi connectivity index (χ4v) is 2.50. The second kappa shape index (κ2) is 8.63. The fourth-order valence-electron chi connectivity index (χ4n) is 2.50. The van der Waals surface area contributed by atoms with Crippen molar-refractivity contribution in [2.75, 3.05) is 13.7 Å². The lowest BCUT2D eigenvalue weighted by Gasteiger charge is -2.19. The summed E-state index contributed by atoms with van der Waals surface area (Å²) in [6.07, 6.45) is 1.54. The van der Waals surface area contributed by atoms with Crippen molar-refractivity contribution in [3.8, 4) is 29.0 Å². The van der Waals surface area contributed by atoms with E-state index in [4.69, 9.17) is 9.47 Å². The maximum absolute atomic E-state index is 12.5. The molecule has 0 atom stereocenters. The third kappa shape index (κ3) is 5.47. The molecule has 6 nitrogen and oxygen atoms in total. The van der Waals surface area contributed by atoms with Crippen molar-refractivity contribution in [2.24, 2.45) is 0 Å². The van der Waals surface area contributed by atoms with Gasteiger partial charge in [-0.2, -0.15) is 9.78 Å². The summed E-state index contributed by atoms with van der Waals surface area (Å²) >= 11 is 0. The van der Waals surface area contributed by atoms with E-state index in [2.05, 4.69) is 16.9 Å². The SMILES string of the molecule is COc1cc(-n2ncc(C#Cc3ccccc3)cc2=O)ccc1OCC(C)(C)O. The maximum atomic E-state index is 12.5. The van der Waals surface area contributed by atoms with E-state index in [1.54, 1.807) is 38.2 Å². The van der Waals surface area contributed by atoms with Crippen LogP contribution >= 0.6 is 0 Å². The van der Waals surface area contributed by atoms with Crippen LogP contribution in [0.3, 0.4) is 0 Å². The van der Waals surface area contributed by atoms with Crippen molar-refractivity contribution in [2.45, 2.75) is 19.4 Å². The largest absolute Gasteiger partial charge is 0.493 e. The van der Waals surface area contributed by atoms with Crippen molar-refractivity contribution in [1.29, 1.82) is 0 Å². The highest BCUT2D eigenvalue weighted by atomic mass is 16.5. The average Bonchev–Trinajstić information content (AvgIpc) is 2.71. The summed E-state index contributed by atoms with van der Waals surface area (Å²) in [6, 6.07) is 16.0. The van der Waals surface area contributed by atoms with Crippen LogP contribution < -0.4 is 15.0 Å². The topological polar surface area (TPSA) is 73.6 Å². The second-order valence-electron chi connectivity index (χ2n) is 7.05. The van der Waals surface area contributed by atoms with Gasteiger partial charge in [-0.3, -0.25) is 4.79 Å². The smallest absolute Gasteiger partial charge is 0.272 e. The maximum Gasteiger partial charge on any atom is 0.272 e. The van der Waals surface area contributed by atoms with Gasteiger partial charge in [-0.25, -0.2) is 0 Å². The molecule has 2 aromatic carbocycles. The fraction of sp³-hybridized carbons (Fsp3) is 0.217. The summed E-state index contributed by atoms with van der Waals surface area (Å²) in [7, 11) is 1.51. The number of aromatic nitrogens is 2. The molecule has 0 fully saturated rings. The number of benzene rings is 2. The van der Waals surface area contributed by atoms with Gasteiger partial charge >= 0.3 is 0 Å². The number of rotatable bonds is 5. The minimum absolute atomic E-state index is 0.107. The second-order valence-corrected chi connectivity index (χ2v) is 7.05. The van der Waals surface area contributed by atoms with Crippen molar-refractivity contribution in [3.63, 3.8) is 0 Å². The van der Waals surface area contributed by atoms with Crippen LogP contribution in [0, 0.1) is 11.8 Å². The molecule has 1 heterocycles. The zero-order chi connectivity index (χ0) is 20.9. The Hall–Kier alpha value is -3.56. The van der Waals surface area contributed by atoms with E-state index >= 15 is 0 Å². The molecule has 3 rings (SSSR count). The molecule has 1 aromatic heterocycles. The first-order chi connectivity index (χ1) is 13.9. The van der Waals surface area contributed by atoms with E-state index in [9.17, 15) is 9.90 Å². The summed E-state index contributed by atoms with van der Waals surface area (Å²) in [6.45, 7) is 3.41. The van der Waals surface area contributed by atoms with Gasteiger partial charge in [-0.1, -0.05) is 30.0 Å². The van der Waals surface area contributed by atoms with Gasteiger partial charge in [-0.15, -0.1) is 0 Å². The third-order valence-electron chi connectivity index (χ3n) is 3.90. The van der Waals surface area contributed by atoms with Gasteiger partial charge in [0.15, 0.2) is 11.5 Å². The Morgan fingerprint density at radius 2 is 1.76 bits per heavy atom. The van der Waals surface area contributed by atoms with E-state index in [1.165, 1.54) is 17.9 Å². The highest BCUT2D eigenvalue weighted by Crippen LogP contribution is 2.29. The summed E-state index contributed by atoms with van der Waals surface area (Å²) in [5.74, 6) is 6.86. The monoisotopic (exact) mass is 390 g/mol. The minimum Gasteiger partial charge on any atom is -0.493 e. The Kier molecular flexibility index (Phi) is 6.01. The van der Waals surface area contributed by atoms with Crippen molar-refractivity contribution < 1.29 is 14.6 Å². The molecule has 29 heavy (non-hydrogen) atoms. The third-order valence-corrected chi connectivity index (χ3v) is 3.90. The zero-order valence-corrected chi connectivity index (χ0v) is 16.5. The van der Waals surface area contributed by atoms with Crippen LogP contribution in [0.5, 0.6) is 11.5 Å². The Balaban J connectivity index is 1.85. The van der Waals surface area contributed by atoms with E-state index in [0.717, 1.165) is 5.56 Å². The summed E-state index contributed by atoms with van der Waals surface area (Å²) in [5, 5.41) is 14.0. The molecular formula is C23H22N2O4. The van der Waals surface area contributed by atoms with Crippen LogP contribution in [0.15, 0.2) is 65.6 Å². The highest BCUT2D eigenvalue weighted by molar-refractivity contribution is 5.49. The predicted octanol–water partition coefficient (Wildman–Crippen LogP) is 2.79. The summed E-state index contributed by atoms with van der Waals surface area (Å²) in [5.41, 5.74) is 0.649. The lowest BCUT2D eigenvalue weighted by molar-refractivity contribution is 0.0276. The van der Waals surface area contributed by atoms with Crippen LogP contribution in [0.25, 0.3) is 5.69 Å². The average molecular weight is 390 g/mol. The van der Waals surface area contributed by atoms with E-state index in [-0.39, 0.29) is 12.2 Å². The summed E-state index contributed by atoms with van der Waals surface area (Å²) < 4.78 is 12.2. The molecule has 3 aromatic rings. The van der Waals surface area contributed by atoms with E-state index in [1.807, 2.05) is 30.3 Å². The van der Waals surface area contributed by atoms with Gasteiger partial charge in [0.1, 0.15) is 6.61 Å². The van der Waals surface area contributed by atoms with Crippen molar-refractivity contribution in [1.82, 2.24) is 9.78 Å². The number of hydrogen-bond donors (Lipinski definition) is 1. The molecule has 0 unspecified atom stereocenters. The molecule has 0 spiro atoms. The molecule has 0 aliphatic carbocycles. The van der Waals surface area contributed by atoms with Crippen LogP contribution in [0.2, 0.25) is 0 Å². The molecule has 0 bridgehead atoms. The number of hydrogen-bond acceptors (Lipinski definition) is 5. The van der Waals surface area contributed by atoms with Gasteiger partial charge in [0.05, 0.1) is 30.2 Å². The van der Waals surface area contributed by atoms with Crippen molar-refractivity contribution >= 4 is 0 Å². The predicted molar refractivity (Wildman–Crippen MR) is 111 cm³/mol. The molecule has 0 aliphatic heterocycles. The Bertz CT molecular complexity index is 1100. The first kappa shape index (κ1) is 20.2. The lowest BCUT2D eigenvalue weighted by atomic mass is 10.2. The molecule has 0 aliphatic rings. The van der Waals surface area contributed by atoms with Crippen molar-refractivity contribution in [3.05, 3.63) is 82.3 Å². The van der Waals surface area contributed by atoms with Gasteiger partial charge in [0, 0.05) is 17.7 Å². The van der Waals surface area contributed by atoms with E-state index < -0.39 is 5.60 Å². The lowest BCUT2D eigenvalue weighted by Crippen LogP contribution is -2.28. The summed E-state index contributed by atoms with van der Waals surface area (Å²) in [4.78, 5) is 12.5. The zero-order valence-electron chi connectivity index (χ0n) is 16.5. The molecule has 1 N–H and O–H groups in total. The molecule has 0 amide bonds. The first-order valence-electron chi connectivity index (χ1n) is 9.06. The number of methoxy groups -OCH3 is 1. The van der Waals surface area contributed by atoms with Crippen LogP contribution in [-0.4, -0.2) is 34.2 Å². The molecule has 0 radical (unpaired) electrons. The number of nitrogens with zero attached hydrogens (tertiary/aromatic N) is 2. The minimum atomic E-state index is -0.973. The normalized spacial score (nSPS) is 10.8. The standard InChI is InChI=1S/C23H22N2O4/c1-23(2,27)16-29-20-12-11-19(14-21(20)28-3)25-22(26)13-18(15-24-25)10-9-17-7-5-4-6-8-17/h4-8,11-15,27H,16H2,1-3H3. The Morgan fingerprint density at radius 1 is 1.03 bits per heavy atom. The molecule has 0 saturated carbocycles.